The molecule has 2 nitrogen and oxygen atoms in total. The Morgan fingerprint density at radius 1 is 1.20 bits per heavy atom. The third-order valence-electron chi connectivity index (χ3n) is 3.80. The standard InChI is InChI=1S/C14H16F3NO.ClH/c1-18-13(9-5-4-8-12(13)19)10-6-2-3-7-11(10)14(15,16)17;/h2-3,6-7,18H,4-5,8-9H2,1H3;1H. The van der Waals surface area contributed by atoms with Crippen LogP contribution in [0.1, 0.15) is 36.8 Å². The molecule has 1 N–H and O–H groups in total. The van der Waals surface area contributed by atoms with Crippen molar-refractivity contribution in [3.8, 4) is 0 Å². The molecule has 1 atom stereocenters. The number of Topliss-reactive ketones (excluding diaryl/α,β-unsaturated/α-hetero) is 1. The van der Waals surface area contributed by atoms with E-state index < -0.39 is 17.3 Å². The third kappa shape index (κ3) is 2.83. The molecule has 0 saturated heterocycles. The van der Waals surface area contributed by atoms with Crippen LogP contribution in [-0.4, -0.2) is 12.8 Å². The number of hydrogen-bond acceptors (Lipinski definition) is 2. The van der Waals surface area contributed by atoms with Crippen LogP contribution in [-0.2, 0) is 16.5 Å². The van der Waals surface area contributed by atoms with Gasteiger partial charge in [0, 0.05) is 6.42 Å². The second-order valence-electron chi connectivity index (χ2n) is 4.83. The number of carbonyl (C=O) groups excluding carboxylic acids is 1. The van der Waals surface area contributed by atoms with Crippen molar-refractivity contribution in [2.75, 3.05) is 7.05 Å². The van der Waals surface area contributed by atoms with E-state index >= 15 is 0 Å². The van der Waals surface area contributed by atoms with Crippen LogP contribution in [0, 0.1) is 0 Å². The molecule has 1 unspecified atom stereocenters. The first kappa shape index (κ1) is 17.0. The molecule has 0 aliphatic heterocycles. The number of alkyl halides is 3. The summed E-state index contributed by atoms with van der Waals surface area (Å²) in [5.41, 5.74) is -1.86. The maximum absolute atomic E-state index is 13.1. The Morgan fingerprint density at radius 2 is 1.85 bits per heavy atom. The van der Waals surface area contributed by atoms with Gasteiger partial charge in [0.15, 0.2) is 5.78 Å². The quantitative estimate of drug-likeness (QED) is 0.903. The lowest BCUT2D eigenvalue weighted by atomic mass is 9.74. The van der Waals surface area contributed by atoms with Gasteiger partial charge in [0.25, 0.3) is 0 Å². The molecule has 0 heterocycles. The first-order chi connectivity index (χ1) is 8.92. The highest BCUT2D eigenvalue weighted by atomic mass is 35.5. The minimum Gasteiger partial charge on any atom is -0.304 e. The zero-order chi connectivity index (χ0) is 14.1. The van der Waals surface area contributed by atoms with Gasteiger partial charge < -0.3 is 5.32 Å². The summed E-state index contributed by atoms with van der Waals surface area (Å²) in [5.74, 6) is -0.155. The number of carbonyl (C=O) groups is 1. The summed E-state index contributed by atoms with van der Waals surface area (Å²) in [6.07, 6.45) is -2.21. The lowest BCUT2D eigenvalue weighted by Crippen LogP contribution is -2.50. The molecule has 112 valence electrons. The van der Waals surface area contributed by atoms with E-state index in [4.69, 9.17) is 0 Å². The van der Waals surface area contributed by atoms with Gasteiger partial charge in [-0.3, -0.25) is 4.79 Å². The van der Waals surface area contributed by atoms with Gasteiger partial charge in [-0.25, -0.2) is 0 Å². The van der Waals surface area contributed by atoms with Gasteiger partial charge in [-0.15, -0.1) is 12.4 Å². The molecule has 0 spiro atoms. The zero-order valence-electron chi connectivity index (χ0n) is 11.1. The number of rotatable bonds is 2. The van der Waals surface area contributed by atoms with Crippen LogP contribution in [0.25, 0.3) is 0 Å². The molecule has 0 radical (unpaired) electrons. The molecule has 20 heavy (non-hydrogen) atoms. The minimum atomic E-state index is -4.45. The summed E-state index contributed by atoms with van der Waals surface area (Å²) >= 11 is 0. The van der Waals surface area contributed by atoms with Crippen molar-refractivity contribution in [2.45, 2.75) is 37.4 Å². The molecular weight excluding hydrogens is 291 g/mol. The molecule has 1 aromatic carbocycles. The molecule has 1 fully saturated rings. The molecular formula is C14H17ClF3NO. The summed E-state index contributed by atoms with van der Waals surface area (Å²) in [4.78, 5) is 12.2. The van der Waals surface area contributed by atoms with Crippen molar-refractivity contribution >= 4 is 18.2 Å². The van der Waals surface area contributed by atoms with Crippen molar-refractivity contribution < 1.29 is 18.0 Å². The van der Waals surface area contributed by atoms with Crippen LogP contribution in [0.5, 0.6) is 0 Å². The number of nitrogens with one attached hydrogen (secondary N) is 1. The number of benzene rings is 1. The maximum Gasteiger partial charge on any atom is 0.416 e. The Kier molecular flexibility index (Phi) is 5.21. The normalized spacial score (nSPS) is 23.3. The van der Waals surface area contributed by atoms with Crippen molar-refractivity contribution in [3.05, 3.63) is 35.4 Å². The van der Waals surface area contributed by atoms with Crippen LogP contribution < -0.4 is 5.32 Å². The second-order valence-corrected chi connectivity index (χ2v) is 4.83. The van der Waals surface area contributed by atoms with E-state index in [0.29, 0.717) is 12.8 Å². The van der Waals surface area contributed by atoms with Gasteiger partial charge >= 0.3 is 6.18 Å². The van der Waals surface area contributed by atoms with E-state index in [2.05, 4.69) is 5.32 Å². The van der Waals surface area contributed by atoms with Crippen molar-refractivity contribution in [2.24, 2.45) is 0 Å². The molecule has 1 saturated carbocycles. The molecule has 0 aromatic heterocycles. The highest BCUT2D eigenvalue weighted by Gasteiger charge is 2.45. The maximum atomic E-state index is 13.1. The summed E-state index contributed by atoms with van der Waals surface area (Å²) in [7, 11) is 1.55. The number of halogens is 4. The van der Waals surface area contributed by atoms with E-state index in [1.807, 2.05) is 0 Å². The Bertz CT molecular complexity index is 490. The van der Waals surface area contributed by atoms with E-state index in [1.54, 1.807) is 13.1 Å². The average molecular weight is 308 g/mol. The predicted molar refractivity (Wildman–Crippen MR) is 72.9 cm³/mol. The van der Waals surface area contributed by atoms with E-state index in [-0.39, 0.29) is 23.8 Å². The van der Waals surface area contributed by atoms with E-state index in [1.165, 1.54) is 12.1 Å². The van der Waals surface area contributed by atoms with Crippen molar-refractivity contribution in [3.63, 3.8) is 0 Å². The second kappa shape index (κ2) is 6.14. The highest BCUT2D eigenvalue weighted by Crippen LogP contribution is 2.41. The Morgan fingerprint density at radius 3 is 2.40 bits per heavy atom. The number of ketones is 1. The zero-order valence-corrected chi connectivity index (χ0v) is 11.9. The minimum absolute atomic E-state index is 0. The van der Waals surface area contributed by atoms with Crippen molar-refractivity contribution in [1.29, 1.82) is 0 Å². The molecule has 0 bridgehead atoms. The van der Waals surface area contributed by atoms with E-state index in [9.17, 15) is 18.0 Å². The topological polar surface area (TPSA) is 29.1 Å². The SMILES string of the molecule is CNC1(c2ccccc2C(F)(F)F)CCCCC1=O.Cl. The smallest absolute Gasteiger partial charge is 0.304 e. The van der Waals surface area contributed by atoms with Crippen LogP contribution in [0.15, 0.2) is 24.3 Å². The summed E-state index contributed by atoms with van der Waals surface area (Å²) in [5, 5.41) is 2.85. The van der Waals surface area contributed by atoms with Crippen LogP contribution in [0.2, 0.25) is 0 Å². The van der Waals surface area contributed by atoms with Gasteiger partial charge in [-0.05, 0) is 31.5 Å². The largest absolute Gasteiger partial charge is 0.416 e. The van der Waals surface area contributed by atoms with Crippen LogP contribution in [0.4, 0.5) is 13.2 Å². The van der Waals surface area contributed by atoms with Gasteiger partial charge in [-0.2, -0.15) is 13.2 Å². The van der Waals surface area contributed by atoms with Crippen molar-refractivity contribution in [1.82, 2.24) is 5.32 Å². The number of likely N-dealkylation sites (N-methyl/N-ethyl adjacent to an activating group) is 1. The molecule has 1 aromatic rings. The molecule has 1 aliphatic rings. The third-order valence-corrected chi connectivity index (χ3v) is 3.80. The monoisotopic (exact) mass is 307 g/mol. The molecule has 6 heteroatoms. The number of hydrogen-bond donors (Lipinski definition) is 1. The average Bonchev–Trinajstić information content (AvgIpc) is 2.39. The fourth-order valence-electron chi connectivity index (χ4n) is 2.81. The van der Waals surface area contributed by atoms with Gasteiger partial charge in [0.05, 0.1) is 5.56 Å². The van der Waals surface area contributed by atoms with Gasteiger partial charge in [0.2, 0.25) is 0 Å². The fourth-order valence-corrected chi connectivity index (χ4v) is 2.81. The molecule has 0 amide bonds. The fraction of sp³-hybridized carbons (Fsp3) is 0.500. The van der Waals surface area contributed by atoms with Gasteiger partial charge in [0.1, 0.15) is 5.54 Å². The van der Waals surface area contributed by atoms with Crippen LogP contribution in [0.3, 0.4) is 0 Å². The lowest BCUT2D eigenvalue weighted by Gasteiger charge is -2.37. The molecule has 2 rings (SSSR count). The first-order valence-corrected chi connectivity index (χ1v) is 6.31. The predicted octanol–water partition coefficient (Wildman–Crippen LogP) is 3.69. The molecule has 1 aliphatic carbocycles. The van der Waals surface area contributed by atoms with E-state index in [0.717, 1.165) is 18.9 Å². The highest BCUT2D eigenvalue weighted by molar-refractivity contribution is 5.90. The Hall–Kier alpha value is -1.07. The summed E-state index contributed by atoms with van der Waals surface area (Å²) in [6, 6.07) is 5.34. The summed E-state index contributed by atoms with van der Waals surface area (Å²) in [6.45, 7) is 0. The Labute approximate surface area is 122 Å². The summed E-state index contributed by atoms with van der Waals surface area (Å²) < 4.78 is 39.3. The van der Waals surface area contributed by atoms with Gasteiger partial charge in [-0.1, -0.05) is 24.6 Å². The Balaban J connectivity index is 0.00000200. The lowest BCUT2D eigenvalue weighted by molar-refractivity contribution is -0.140. The van der Waals surface area contributed by atoms with Crippen LogP contribution >= 0.6 is 12.4 Å². The first-order valence-electron chi connectivity index (χ1n) is 6.31.